The summed E-state index contributed by atoms with van der Waals surface area (Å²) in [5.41, 5.74) is 10.1. The Balaban J connectivity index is 1.23. The Bertz CT molecular complexity index is 1240. The fourth-order valence-corrected chi connectivity index (χ4v) is 5.78. The van der Waals surface area contributed by atoms with Gasteiger partial charge in [0.15, 0.2) is 12.4 Å². The van der Waals surface area contributed by atoms with E-state index >= 15 is 0 Å². The lowest BCUT2D eigenvalue weighted by Crippen LogP contribution is -2.44. The Hall–Kier alpha value is -3.76. The van der Waals surface area contributed by atoms with Gasteiger partial charge in [0.2, 0.25) is 5.91 Å². The highest BCUT2D eigenvalue weighted by molar-refractivity contribution is 5.97. The van der Waals surface area contributed by atoms with Crippen LogP contribution in [-0.4, -0.2) is 74.4 Å². The van der Waals surface area contributed by atoms with Gasteiger partial charge in [0.1, 0.15) is 11.4 Å². The molecule has 0 aromatic heterocycles. The number of nitrogens with zero attached hydrogens (tertiary/aromatic N) is 1. The van der Waals surface area contributed by atoms with E-state index in [0.717, 1.165) is 48.8 Å². The summed E-state index contributed by atoms with van der Waals surface area (Å²) in [6, 6.07) is 11.8. The van der Waals surface area contributed by atoms with E-state index in [4.69, 9.17) is 15.2 Å². The minimum atomic E-state index is -0.277. The number of benzene rings is 2. The van der Waals surface area contributed by atoms with E-state index in [1.165, 1.54) is 12.8 Å². The van der Waals surface area contributed by atoms with Gasteiger partial charge in [0.05, 0.1) is 25.3 Å². The number of hydrogen-bond donors (Lipinski definition) is 5. The molecule has 2 aliphatic rings. The standard InChI is InChI=1S/C33H47N5O5/c1-35-22-28(34)26-8-6-7-24(21-26)14-19-42-20-15-31(41)38(27-9-4-2-3-5-10-27)18-17-36-16-13-25-11-12-29(39)32-33(25)43-23-30(40)37-32/h6-8,11-12,21-22,27,35-36,39H,2-5,9-10,13-20,23,34H2,1H3,(H,37,40)/b28-22-. The van der Waals surface area contributed by atoms with Crippen LogP contribution in [0.25, 0.3) is 5.70 Å². The lowest BCUT2D eigenvalue weighted by molar-refractivity contribution is -0.135. The van der Waals surface area contributed by atoms with E-state index in [1.54, 1.807) is 12.3 Å². The number of phenolic OH excluding ortho intramolecular Hbond substituents is 1. The number of carbonyl (C=O) groups excluding carboxylic acids is 2. The first-order valence-corrected chi connectivity index (χ1v) is 15.5. The molecule has 0 bridgehead atoms. The summed E-state index contributed by atoms with van der Waals surface area (Å²) in [7, 11) is 1.82. The number of phenols is 1. The maximum absolute atomic E-state index is 13.4. The van der Waals surface area contributed by atoms with Crippen LogP contribution in [0.4, 0.5) is 5.69 Å². The topological polar surface area (TPSA) is 138 Å². The molecule has 6 N–H and O–H groups in total. The molecule has 0 radical (unpaired) electrons. The van der Waals surface area contributed by atoms with E-state index in [-0.39, 0.29) is 30.2 Å². The summed E-state index contributed by atoms with van der Waals surface area (Å²) < 4.78 is 11.5. The molecule has 10 nitrogen and oxygen atoms in total. The number of rotatable bonds is 15. The zero-order valence-corrected chi connectivity index (χ0v) is 25.3. The zero-order valence-electron chi connectivity index (χ0n) is 25.3. The minimum Gasteiger partial charge on any atom is -0.506 e. The van der Waals surface area contributed by atoms with Crippen LogP contribution in [0.5, 0.6) is 11.5 Å². The lowest BCUT2D eigenvalue weighted by Gasteiger charge is -2.31. The number of ether oxygens (including phenoxy) is 2. The highest BCUT2D eigenvalue weighted by atomic mass is 16.5. The number of amides is 2. The van der Waals surface area contributed by atoms with Crippen LogP contribution in [-0.2, 0) is 27.2 Å². The highest BCUT2D eigenvalue weighted by Crippen LogP contribution is 2.39. The van der Waals surface area contributed by atoms with E-state index < -0.39 is 0 Å². The Labute approximate surface area is 255 Å². The molecular weight excluding hydrogens is 546 g/mol. The van der Waals surface area contributed by atoms with Crippen LogP contribution >= 0.6 is 0 Å². The number of nitrogens with two attached hydrogens (primary N) is 1. The van der Waals surface area contributed by atoms with Crippen LogP contribution in [0.3, 0.4) is 0 Å². The van der Waals surface area contributed by atoms with E-state index in [9.17, 15) is 14.7 Å². The molecule has 1 fully saturated rings. The number of nitrogens with one attached hydrogen (secondary N) is 3. The van der Waals surface area contributed by atoms with Gasteiger partial charge in [0, 0.05) is 32.4 Å². The van der Waals surface area contributed by atoms with Gasteiger partial charge in [0.25, 0.3) is 5.91 Å². The second kappa shape index (κ2) is 16.8. The maximum Gasteiger partial charge on any atom is 0.262 e. The second-order valence-electron chi connectivity index (χ2n) is 11.2. The van der Waals surface area contributed by atoms with Gasteiger partial charge in [-0.1, -0.05) is 49.9 Å². The van der Waals surface area contributed by atoms with E-state index in [2.05, 4.69) is 33.0 Å². The van der Waals surface area contributed by atoms with Crippen molar-refractivity contribution >= 4 is 23.2 Å². The van der Waals surface area contributed by atoms with Crippen molar-refractivity contribution in [3.63, 3.8) is 0 Å². The summed E-state index contributed by atoms with van der Waals surface area (Å²) in [5.74, 6) is 0.399. The summed E-state index contributed by atoms with van der Waals surface area (Å²) in [6.07, 6.45) is 10.5. The predicted molar refractivity (Wildman–Crippen MR) is 169 cm³/mol. The molecular formula is C33H47N5O5. The molecule has 2 aromatic carbocycles. The SMILES string of the molecule is CN/C=C(\N)c1cccc(CCOCCC(=O)N(CCNCCc2ccc(O)c3c2OCC(=O)N3)C2CCCCCC2)c1. The third-order valence-corrected chi connectivity index (χ3v) is 8.07. The van der Waals surface area contributed by atoms with Gasteiger partial charge >= 0.3 is 0 Å². The molecule has 1 heterocycles. The van der Waals surface area contributed by atoms with Crippen molar-refractivity contribution in [2.75, 3.05) is 51.8 Å². The van der Waals surface area contributed by atoms with Crippen molar-refractivity contribution in [3.8, 4) is 11.5 Å². The number of aromatic hydroxyl groups is 1. The van der Waals surface area contributed by atoms with Crippen molar-refractivity contribution < 1.29 is 24.2 Å². The third kappa shape index (κ3) is 9.62. The van der Waals surface area contributed by atoms with Crippen molar-refractivity contribution in [1.29, 1.82) is 0 Å². The molecule has 2 amide bonds. The first-order chi connectivity index (χ1) is 21.0. The number of fused-ring (bicyclic) bond motifs is 1. The van der Waals surface area contributed by atoms with Gasteiger partial charge in [-0.05, 0) is 61.1 Å². The molecule has 1 aliphatic heterocycles. The summed E-state index contributed by atoms with van der Waals surface area (Å²) >= 11 is 0. The third-order valence-electron chi connectivity index (χ3n) is 8.07. The van der Waals surface area contributed by atoms with Crippen LogP contribution in [0.2, 0.25) is 0 Å². The van der Waals surface area contributed by atoms with Gasteiger partial charge in [-0.2, -0.15) is 0 Å². The Morgan fingerprint density at radius 3 is 2.74 bits per heavy atom. The lowest BCUT2D eigenvalue weighted by atomic mass is 10.1. The van der Waals surface area contributed by atoms with Gasteiger partial charge in [-0.15, -0.1) is 0 Å². The second-order valence-corrected chi connectivity index (χ2v) is 11.2. The van der Waals surface area contributed by atoms with Crippen LogP contribution in [0, 0.1) is 0 Å². The molecule has 10 heteroatoms. The maximum atomic E-state index is 13.4. The summed E-state index contributed by atoms with van der Waals surface area (Å²) in [4.78, 5) is 27.1. The zero-order chi connectivity index (χ0) is 30.4. The van der Waals surface area contributed by atoms with Crippen LogP contribution in [0.1, 0.15) is 61.6 Å². The molecule has 0 spiro atoms. The molecule has 2 aromatic rings. The minimum absolute atomic E-state index is 0.00159. The summed E-state index contributed by atoms with van der Waals surface area (Å²) in [5, 5.41) is 19.2. The number of hydrogen-bond acceptors (Lipinski definition) is 8. The fourth-order valence-electron chi connectivity index (χ4n) is 5.78. The normalized spacial score (nSPS) is 15.7. The average molecular weight is 594 g/mol. The Morgan fingerprint density at radius 2 is 1.95 bits per heavy atom. The van der Waals surface area contributed by atoms with Crippen molar-refractivity contribution in [3.05, 3.63) is 59.3 Å². The fraction of sp³-hybridized carbons (Fsp3) is 0.515. The van der Waals surface area contributed by atoms with Gasteiger partial charge in [-0.3, -0.25) is 9.59 Å². The van der Waals surface area contributed by atoms with Crippen molar-refractivity contribution in [2.45, 2.75) is 63.8 Å². The van der Waals surface area contributed by atoms with Crippen molar-refractivity contribution in [1.82, 2.24) is 15.5 Å². The largest absolute Gasteiger partial charge is 0.506 e. The smallest absolute Gasteiger partial charge is 0.262 e. The number of anilines is 1. The van der Waals surface area contributed by atoms with E-state index in [1.807, 2.05) is 25.2 Å². The molecule has 43 heavy (non-hydrogen) atoms. The number of carbonyl (C=O) groups is 2. The molecule has 0 saturated heterocycles. The molecule has 1 aliphatic carbocycles. The first kappa shape index (κ1) is 32.2. The average Bonchev–Trinajstić information content (AvgIpc) is 3.29. The molecule has 0 atom stereocenters. The highest BCUT2D eigenvalue weighted by Gasteiger charge is 2.25. The van der Waals surface area contributed by atoms with Gasteiger partial charge < -0.3 is 41.2 Å². The predicted octanol–water partition coefficient (Wildman–Crippen LogP) is 3.53. The van der Waals surface area contributed by atoms with Crippen LogP contribution in [0.15, 0.2) is 42.6 Å². The summed E-state index contributed by atoms with van der Waals surface area (Å²) in [6.45, 7) is 2.91. The quantitative estimate of drug-likeness (QED) is 0.120. The van der Waals surface area contributed by atoms with Crippen molar-refractivity contribution in [2.24, 2.45) is 5.73 Å². The molecule has 4 rings (SSSR count). The molecule has 1 saturated carbocycles. The van der Waals surface area contributed by atoms with E-state index in [0.29, 0.717) is 62.8 Å². The Morgan fingerprint density at radius 1 is 1.14 bits per heavy atom. The molecule has 234 valence electrons. The van der Waals surface area contributed by atoms with Crippen LogP contribution < -0.4 is 26.4 Å². The monoisotopic (exact) mass is 593 g/mol. The first-order valence-electron chi connectivity index (χ1n) is 15.5. The Kier molecular flexibility index (Phi) is 12.5. The molecule has 0 unspecified atom stereocenters. The van der Waals surface area contributed by atoms with Gasteiger partial charge in [-0.25, -0.2) is 0 Å².